The van der Waals surface area contributed by atoms with Crippen LogP contribution in [0.3, 0.4) is 0 Å². The van der Waals surface area contributed by atoms with E-state index >= 15 is 0 Å². The van der Waals surface area contributed by atoms with Crippen molar-refractivity contribution in [3.63, 3.8) is 0 Å². The number of hydrogen-bond acceptors (Lipinski definition) is 11. The molecule has 4 aromatic heterocycles. The van der Waals surface area contributed by atoms with Crippen molar-refractivity contribution in [2.45, 2.75) is 103 Å². The van der Waals surface area contributed by atoms with Crippen LogP contribution in [0.1, 0.15) is 120 Å². The maximum atomic E-state index is 13.5. The van der Waals surface area contributed by atoms with E-state index in [-0.39, 0.29) is 153 Å². The summed E-state index contributed by atoms with van der Waals surface area (Å²) in [6.45, 7) is 4.64. The minimum atomic E-state index is -2.68. The first-order valence-electron chi connectivity index (χ1n) is 27.2. The van der Waals surface area contributed by atoms with E-state index in [1.807, 2.05) is 86.6 Å². The number of likely N-dealkylation sites (tertiary alicyclic amines) is 2. The number of benzene rings is 4. The molecule has 430 valence electrons. The SMILES string of the molecule is C.Cc1cc(-c2ccc(C(=O)N3CCC(F)(F)CC3)cc2)cc2cc(CCC(=O)C3CC3c3ccc(N)nc3)oc12.Cc1cc(-c2ccc(C(=O)N3CCC(F)(F)CC3)cc2)cc2cc(CN)oc12.Nc1ccc(C2CC2C(=O)O)cn1.[H-].[K+]. The molecule has 4 aromatic carbocycles. The fourth-order valence-electron chi connectivity index (χ4n) is 10.8. The largest absolute Gasteiger partial charge is 1.00 e. The summed E-state index contributed by atoms with van der Waals surface area (Å²) in [6, 6.07) is 33.9. The molecule has 2 saturated carbocycles. The van der Waals surface area contributed by atoms with Crippen molar-refractivity contribution < 1.29 is 103 Å². The Morgan fingerprint density at radius 1 is 0.602 bits per heavy atom. The first-order chi connectivity index (χ1) is 38.7. The zero-order valence-electron chi connectivity index (χ0n) is 47.0. The number of pyridine rings is 2. The Hall–Kier alpha value is -6.74. The number of anilines is 2. The molecule has 0 bridgehead atoms. The number of nitrogen functional groups attached to an aromatic ring is 2. The number of carbonyl (C=O) groups is 4. The fraction of sp³-hybridized carbons (Fsp3) is 0.344. The molecule has 7 N–H and O–H groups in total. The molecule has 0 radical (unpaired) electrons. The van der Waals surface area contributed by atoms with Crippen LogP contribution < -0.4 is 68.6 Å². The van der Waals surface area contributed by atoms with Gasteiger partial charge >= 0.3 is 57.4 Å². The van der Waals surface area contributed by atoms with Gasteiger partial charge in [-0.2, -0.15) is 0 Å². The number of alkyl halides is 4. The van der Waals surface area contributed by atoms with E-state index in [2.05, 4.69) is 9.97 Å². The molecule has 12 rings (SSSR count). The Labute approximate surface area is 523 Å². The molecule has 2 saturated heterocycles. The third-order valence-corrected chi connectivity index (χ3v) is 15.8. The van der Waals surface area contributed by atoms with Gasteiger partial charge in [0, 0.05) is 105 Å². The van der Waals surface area contributed by atoms with Crippen molar-refractivity contribution >= 4 is 57.1 Å². The van der Waals surface area contributed by atoms with Crippen LogP contribution in [0.4, 0.5) is 29.2 Å². The molecular weight excluding hydrogens is 1090 g/mol. The van der Waals surface area contributed by atoms with Crippen molar-refractivity contribution in [2.24, 2.45) is 17.6 Å². The smallest absolute Gasteiger partial charge is 1.00 e. The molecule has 0 spiro atoms. The van der Waals surface area contributed by atoms with Crippen LogP contribution >= 0.6 is 0 Å². The zero-order valence-corrected chi connectivity index (χ0v) is 49.1. The number of nitrogens with two attached hydrogens (primary N) is 3. The molecule has 2 aliphatic carbocycles. The predicted octanol–water partition coefficient (Wildman–Crippen LogP) is 9.90. The van der Waals surface area contributed by atoms with Gasteiger partial charge in [-0.1, -0.05) is 43.8 Å². The minimum Gasteiger partial charge on any atom is -1.00 e. The third kappa shape index (κ3) is 15.0. The van der Waals surface area contributed by atoms with Crippen LogP contribution in [0, 0.1) is 25.7 Å². The molecule has 14 nitrogen and oxygen atoms in total. The summed E-state index contributed by atoms with van der Waals surface area (Å²) >= 11 is 0. The van der Waals surface area contributed by atoms with E-state index in [1.165, 1.54) is 9.80 Å². The molecular formula is C64H68F4KN7O7. The van der Waals surface area contributed by atoms with Gasteiger partial charge < -0.3 is 42.4 Å². The van der Waals surface area contributed by atoms with Crippen LogP contribution in [0.5, 0.6) is 0 Å². The maximum Gasteiger partial charge on any atom is 1.00 e. The van der Waals surface area contributed by atoms with E-state index in [0.29, 0.717) is 42.1 Å². The molecule has 4 atom stereocenters. The Morgan fingerprint density at radius 3 is 1.41 bits per heavy atom. The van der Waals surface area contributed by atoms with E-state index in [1.54, 1.807) is 48.8 Å². The molecule has 2 aliphatic heterocycles. The summed E-state index contributed by atoms with van der Waals surface area (Å²) in [5.41, 5.74) is 27.3. The van der Waals surface area contributed by atoms with Gasteiger partial charge in [-0.05, 0) is 156 Å². The number of fused-ring (bicyclic) bond motifs is 2. The standard InChI is InChI=1S/C32H31F2N3O3.C22H22F2N2O2.C9H10N2O2.CH4.K.H/c1-19-14-23(20-2-4-21(5-3-20)31(39)37-12-10-32(33,34)11-13-37)15-24-16-25(40-30(19)24)7-8-28(38)27-17-26(27)22-6-9-29(35)36-18-22;1-14-10-17(11-18-12-19(13-25)28-20(14)18)15-2-4-16(5-3-15)21(27)26-8-6-22(23,24)7-9-26;10-8-2-1-5(4-11-8)6-3-7(6)9(12)13;;;/h2-6,9,14-16,18,26-27H,7-8,10-13,17H2,1H3,(H2,35,36);2-5,10-12H,6-9,13,25H2,1H3;1-2,4,6-7H,3H2,(H2,10,11)(H,12,13);1H4;;/q;;;;+1;-1. The number of amides is 2. The number of hydrogen-bond donors (Lipinski definition) is 4. The zero-order chi connectivity index (χ0) is 57.3. The number of furan rings is 2. The minimum absolute atomic E-state index is 0. The van der Waals surface area contributed by atoms with Crippen molar-refractivity contribution in [2.75, 3.05) is 37.6 Å². The van der Waals surface area contributed by atoms with Crippen LogP contribution in [-0.2, 0) is 22.6 Å². The molecule has 4 fully saturated rings. The summed E-state index contributed by atoms with van der Waals surface area (Å²) < 4.78 is 65.4. The monoisotopic (exact) mass is 1160 g/mol. The molecule has 2 amide bonds. The van der Waals surface area contributed by atoms with Crippen LogP contribution in [0.25, 0.3) is 44.2 Å². The molecule has 19 heteroatoms. The van der Waals surface area contributed by atoms with Gasteiger partial charge in [-0.25, -0.2) is 27.5 Å². The van der Waals surface area contributed by atoms with E-state index in [4.69, 9.17) is 31.1 Å². The van der Waals surface area contributed by atoms with Gasteiger partial charge in [0.15, 0.2) is 0 Å². The number of aromatic nitrogens is 2. The number of carbonyl (C=O) groups excluding carboxylic acids is 3. The van der Waals surface area contributed by atoms with Gasteiger partial charge in [0.25, 0.3) is 23.7 Å². The van der Waals surface area contributed by atoms with Crippen LogP contribution in [0.2, 0.25) is 0 Å². The van der Waals surface area contributed by atoms with Crippen molar-refractivity contribution in [3.05, 3.63) is 166 Å². The second kappa shape index (κ2) is 26.0. The number of piperidine rings is 2. The quantitative estimate of drug-likeness (QED) is 0.0663. The topological polar surface area (TPSA) is 225 Å². The Balaban J connectivity index is 0.000000200. The molecule has 8 aromatic rings. The van der Waals surface area contributed by atoms with Crippen molar-refractivity contribution in [1.29, 1.82) is 0 Å². The van der Waals surface area contributed by atoms with Crippen LogP contribution in [0.15, 0.2) is 130 Å². The van der Waals surface area contributed by atoms with Crippen molar-refractivity contribution in [3.8, 4) is 22.3 Å². The maximum absolute atomic E-state index is 13.5. The first kappa shape index (κ1) is 62.3. The van der Waals surface area contributed by atoms with Crippen molar-refractivity contribution in [1.82, 2.24) is 19.8 Å². The van der Waals surface area contributed by atoms with E-state index < -0.39 is 17.8 Å². The number of rotatable bonds is 12. The summed E-state index contributed by atoms with van der Waals surface area (Å²) in [7, 11) is 0. The van der Waals surface area contributed by atoms with Crippen LogP contribution in [-0.4, -0.2) is 86.5 Å². The van der Waals surface area contributed by atoms with E-state index in [9.17, 15) is 36.7 Å². The molecule has 4 aliphatic rings. The Morgan fingerprint density at radius 2 is 1.01 bits per heavy atom. The number of aliphatic carboxylic acids is 1. The second-order valence-corrected chi connectivity index (χ2v) is 21.7. The predicted molar refractivity (Wildman–Crippen MR) is 309 cm³/mol. The van der Waals surface area contributed by atoms with Gasteiger partial charge in [0.05, 0.1) is 12.5 Å². The average molecular weight is 1160 g/mol. The van der Waals surface area contributed by atoms with Gasteiger partial charge in [0.1, 0.15) is 40.1 Å². The Kier molecular flexibility index (Phi) is 19.5. The third-order valence-electron chi connectivity index (χ3n) is 15.8. The number of nitrogens with zero attached hydrogens (tertiary/aromatic N) is 4. The summed E-state index contributed by atoms with van der Waals surface area (Å²) in [4.78, 5) is 59.8. The molecule has 4 unspecified atom stereocenters. The second-order valence-electron chi connectivity index (χ2n) is 21.7. The van der Waals surface area contributed by atoms with Gasteiger partial charge in [-0.3, -0.25) is 19.2 Å². The van der Waals surface area contributed by atoms with E-state index in [0.717, 1.165) is 90.8 Å². The number of carboxylic acids is 1. The summed E-state index contributed by atoms with van der Waals surface area (Å²) in [5.74, 6) is -3.58. The number of carboxylic acid groups (broad SMARTS) is 1. The number of halogens is 4. The average Bonchev–Trinajstić information content (AvgIpc) is 3.03. The first-order valence-corrected chi connectivity index (χ1v) is 27.2. The number of Topliss-reactive ketones (excluding diaryl/α,β-unsaturated/α-hetero) is 1. The molecule has 6 heterocycles. The normalized spacial score (nSPS) is 19.2. The number of aryl methyl sites for hydroxylation is 3. The molecule has 83 heavy (non-hydrogen) atoms. The summed E-state index contributed by atoms with van der Waals surface area (Å²) in [6.07, 6.45) is 4.84. The number of ketones is 1. The van der Waals surface area contributed by atoms with Gasteiger partial charge in [0.2, 0.25) is 0 Å². The summed E-state index contributed by atoms with van der Waals surface area (Å²) in [5, 5.41) is 10.6. The Bertz CT molecular complexity index is 3620. The van der Waals surface area contributed by atoms with Gasteiger partial charge in [-0.15, -0.1) is 0 Å². The fourth-order valence-corrected chi connectivity index (χ4v) is 10.8.